The Labute approximate surface area is 160 Å². The maximum atomic E-state index is 12.6. The summed E-state index contributed by atoms with van der Waals surface area (Å²) in [5, 5.41) is 0. The fourth-order valence-corrected chi connectivity index (χ4v) is 4.35. The minimum Gasteiger partial charge on any atom is -0.373 e. The topological polar surface area (TPSA) is 69.7 Å². The van der Waals surface area contributed by atoms with E-state index in [9.17, 15) is 13.2 Å². The first-order chi connectivity index (χ1) is 12.9. The van der Waals surface area contributed by atoms with Gasteiger partial charge in [0, 0.05) is 44.5 Å². The van der Waals surface area contributed by atoms with Crippen LogP contribution < -0.4 is 14.5 Å². The Morgan fingerprint density at radius 2 is 1.89 bits per heavy atom. The van der Waals surface area contributed by atoms with Crippen LogP contribution in [0.2, 0.25) is 0 Å². The second kappa shape index (κ2) is 8.10. The lowest BCUT2D eigenvalue weighted by Gasteiger charge is -2.20. The summed E-state index contributed by atoms with van der Waals surface area (Å²) in [5.74, 6) is 0.0933. The first-order valence-electron chi connectivity index (χ1n) is 9.05. The smallest absolute Gasteiger partial charge is 0.240 e. The molecule has 0 spiro atoms. The minimum atomic E-state index is -3.59. The molecular formula is C20H25N3O3S. The van der Waals surface area contributed by atoms with Gasteiger partial charge in [0.2, 0.25) is 15.9 Å². The van der Waals surface area contributed by atoms with Crippen molar-refractivity contribution in [3.05, 3.63) is 54.1 Å². The average Bonchev–Trinajstić information content (AvgIpc) is 3.08. The van der Waals surface area contributed by atoms with Gasteiger partial charge < -0.3 is 9.80 Å². The van der Waals surface area contributed by atoms with E-state index < -0.39 is 10.0 Å². The van der Waals surface area contributed by atoms with Crippen molar-refractivity contribution < 1.29 is 13.2 Å². The van der Waals surface area contributed by atoms with Gasteiger partial charge in [0.25, 0.3) is 0 Å². The highest BCUT2D eigenvalue weighted by Gasteiger charge is 2.24. The van der Waals surface area contributed by atoms with Crippen LogP contribution in [-0.2, 0) is 14.8 Å². The molecule has 0 unspecified atom stereocenters. The van der Waals surface area contributed by atoms with E-state index in [0.717, 1.165) is 23.4 Å². The zero-order valence-electron chi connectivity index (χ0n) is 15.7. The third-order valence-corrected chi connectivity index (χ3v) is 6.24. The van der Waals surface area contributed by atoms with Gasteiger partial charge in [0.05, 0.1) is 4.90 Å². The van der Waals surface area contributed by atoms with E-state index in [4.69, 9.17) is 0 Å². The Morgan fingerprint density at radius 3 is 2.52 bits per heavy atom. The van der Waals surface area contributed by atoms with Crippen molar-refractivity contribution in [3.8, 4) is 0 Å². The molecule has 0 aromatic heterocycles. The highest BCUT2D eigenvalue weighted by Crippen LogP contribution is 2.27. The molecule has 0 radical (unpaired) electrons. The number of hydrogen-bond acceptors (Lipinski definition) is 4. The molecule has 1 saturated heterocycles. The Bertz CT molecular complexity index is 913. The van der Waals surface area contributed by atoms with E-state index in [-0.39, 0.29) is 10.8 Å². The number of aryl methyl sites for hydroxylation is 1. The Hall–Kier alpha value is -2.38. The first kappa shape index (κ1) is 19.4. The second-order valence-corrected chi connectivity index (χ2v) is 8.52. The van der Waals surface area contributed by atoms with E-state index >= 15 is 0 Å². The second-order valence-electron chi connectivity index (χ2n) is 6.75. The third-order valence-electron chi connectivity index (χ3n) is 4.78. The molecule has 1 N–H and O–H groups in total. The number of amides is 1. The predicted octanol–water partition coefficient (Wildman–Crippen LogP) is 2.54. The number of benzene rings is 2. The van der Waals surface area contributed by atoms with Crippen molar-refractivity contribution in [2.75, 3.05) is 36.5 Å². The molecule has 3 rings (SSSR count). The monoisotopic (exact) mass is 387 g/mol. The molecule has 144 valence electrons. The van der Waals surface area contributed by atoms with Gasteiger partial charge in [-0.15, -0.1) is 0 Å². The lowest BCUT2D eigenvalue weighted by molar-refractivity contribution is -0.117. The summed E-state index contributed by atoms with van der Waals surface area (Å²) in [7, 11) is -1.67. The largest absolute Gasteiger partial charge is 0.373 e. The van der Waals surface area contributed by atoms with Crippen molar-refractivity contribution in [2.45, 2.75) is 24.7 Å². The molecule has 27 heavy (non-hydrogen) atoms. The molecule has 1 aliphatic rings. The molecule has 6 nitrogen and oxygen atoms in total. The number of likely N-dealkylation sites (N-methyl/N-ethyl adjacent to an activating group) is 1. The van der Waals surface area contributed by atoms with Crippen LogP contribution >= 0.6 is 0 Å². The molecule has 2 aromatic rings. The van der Waals surface area contributed by atoms with Crippen LogP contribution in [0.4, 0.5) is 11.4 Å². The highest BCUT2D eigenvalue weighted by atomic mass is 32.2. The number of carbonyl (C=O) groups is 1. The summed E-state index contributed by atoms with van der Waals surface area (Å²) in [4.78, 5) is 15.9. The third kappa shape index (κ3) is 4.48. The number of sulfonamides is 1. The van der Waals surface area contributed by atoms with Crippen molar-refractivity contribution in [1.82, 2.24) is 4.72 Å². The summed E-state index contributed by atoms with van der Waals surface area (Å²) >= 11 is 0. The predicted molar refractivity (Wildman–Crippen MR) is 108 cm³/mol. The van der Waals surface area contributed by atoms with Crippen LogP contribution in [0.15, 0.2) is 53.4 Å². The van der Waals surface area contributed by atoms with Gasteiger partial charge in [-0.05, 0) is 49.2 Å². The lowest BCUT2D eigenvalue weighted by atomic mass is 10.2. The zero-order chi connectivity index (χ0) is 19.4. The van der Waals surface area contributed by atoms with Crippen LogP contribution in [0.5, 0.6) is 0 Å². The number of nitrogens with one attached hydrogen (secondary N) is 1. The number of rotatable bonds is 7. The lowest BCUT2D eigenvalue weighted by Crippen LogP contribution is -2.33. The van der Waals surface area contributed by atoms with Gasteiger partial charge in [-0.2, -0.15) is 0 Å². The molecule has 0 aliphatic carbocycles. The van der Waals surface area contributed by atoms with Crippen molar-refractivity contribution in [1.29, 1.82) is 0 Å². The number of para-hydroxylation sites is 1. The summed E-state index contributed by atoms with van der Waals surface area (Å²) in [5.41, 5.74) is 2.61. The first-order valence-corrected chi connectivity index (χ1v) is 10.5. The molecule has 0 atom stereocenters. The summed E-state index contributed by atoms with van der Waals surface area (Å²) < 4.78 is 27.8. The summed E-state index contributed by atoms with van der Waals surface area (Å²) in [6.45, 7) is 3.39. The average molecular weight is 388 g/mol. The SMILES string of the molecule is Cc1cc(S(=O)(=O)NCCN(C)c2ccccc2)ccc1N1CCCC1=O. The van der Waals surface area contributed by atoms with E-state index in [2.05, 4.69) is 4.72 Å². The fourth-order valence-electron chi connectivity index (χ4n) is 3.24. The fraction of sp³-hybridized carbons (Fsp3) is 0.350. The van der Waals surface area contributed by atoms with E-state index in [1.54, 1.807) is 23.1 Å². The maximum absolute atomic E-state index is 12.6. The number of carbonyl (C=O) groups excluding carboxylic acids is 1. The molecule has 1 aliphatic heterocycles. The van der Waals surface area contributed by atoms with Crippen molar-refractivity contribution in [2.24, 2.45) is 0 Å². The Balaban J connectivity index is 1.64. The minimum absolute atomic E-state index is 0.0933. The molecule has 0 bridgehead atoms. The number of nitrogens with zero attached hydrogens (tertiary/aromatic N) is 2. The van der Waals surface area contributed by atoms with Crippen molar-refractivity contribution in [3.63, 3.8) is 0 Å². The Kier molecular flexibility index (Phi) is 5.82. The van der Waals surface area contributed by atoms with Gasteiger partial charge in [0.1, 0.15) is 0 Å². The summed E-state index contributed by atoms with van der Waals surface area (Å²) in [6, 6.07) is 14.7. The zero-order valence-corrected chi connectivity index (χ0v) is 16.5. The normalized spacial score (nSPS) is 14.6. The quantitative estimate of drug-likeness (QED) is 0.793. The van der Waals surface area contributed by atoms with Gasteiger partial charge >= 0.3 is 0 Å². The molecule has 1 amide bonds. The van der Waals surface area contributed by atoms with Crippen molar-refractivity contribution >= 4 is 27.3 Å². The van der Waals surface area contributed by atoms with Crippen LogP contribution in [0.25, 0.3) is 0 Å². The van der Waals surface area contributed by atoms with Gasteiger partial charge in [-0.3, -0.25) is 4.79 Å². The molecule has 1 heterocycles. The maximum Gasteiger partial charge on any atom is 0.240 e. The molecule has 1 fully saturated rings. The van der Waals surface area contributed by atoms with E-state index in [1.165, 1.54) is 0 Å². The van der Waals surface area contributed by atoms with E-state index in [0.29, 0.717) is 26.1 Å². The van der Waals surface area contributed by atoms with Crippen LogP contribution in [-0.4, -0.2) is 41.0 Å². The van der Waals surface area contributed by atoms with Gasteiger partial charge in [0.15, 0.2) is 0 Å². The molecule has 7 heteroatoms. The molecule has 2 aromatic carbocycles. The van der Waals surface area contributed by atoms with Gasteiger partial charge in [-0.1, -0.05) is 18.2 Å². The van der Waals surface area contributed by atoms with Gasteiger partial charge in [-0.25, -0.2) is 13.1 Å². The van der Waals surface area contributed by atoms with Crippen LogP contribution in [0.3, 0.4) is 0 Å². The molecular weight excluding hydrogens is 362 g/mol. The van der Waals surface area contributed by atoms with E-state index in [1.807, 2.05) is 49.2 Å². The van der Waals surface area contributed by atoms with Crippen LogP contribution in [0, 0.1) is 6.92 Å². The number of hydrogen-bond donors (Lipinski definition) is 1. The standard InChI is InChI=1S/C20H25N3O3S/c1-16-15-18(10-11-19(16)23-13-6-9-20(23)24)27(25,26)21-12-14-22(2)17-7-4-3-5-8-17/h3-5,7-8,10-11,15,21H,6,9,12-14H2,1-2H3. The highest BCUT2D eigenvalue weighted by molar-refractivity contribution is 7.89. The van der Waals surface area contributed by atoms with Crippen LogP contribution in [0.1, 0.15) is 18.4 Å². The summed E-state index contributed by atoms with van der Waals surface area (Å²) in [6.07, 6.45) is 1.39. The Morgan fingerprint density at radius 1 is 1.15 bits per heavy atom. The molecule has 0 saturated carbocycles. The number of anilines is 2.